The van der Waals surface area contributed by atoms with Crippen LogP contribution in [-0.4, -0.2) is 62.1 Å². The molecule has 3 aliphatic heterocycles. The van der Waals surface area contributed by atoms with E-state index in [-0.39, 0.29) is 24.3 Å². The topological polar surface area (TPSA) is 80.6 Å². The largest absolute Gasteiger partial charge is 0.504 e. The maximum atomic E-state index is 14.4. The average Bonchev–Trinajstić information content (AvgIpc) is 3.09. The minimum Gasteiger partial charge on any atom is -0.504 e. The van der Waals surface area contributed by atoms with Crippen LogP contribution in [-0.2, 0) is 19.9 Å². The van der Waals surface area contributed by atoms with E-state index in [0.29, 0.717) is 48.7 Å². The number of hydrogen-bond donors (Lipinski definition) is 1. The van der Waals surface area contributed by atoms with Crippen LogP contribution in [0.2, 0.25) is 0 Å². The highest BCUT2D eigenvalue weighted by molar-refractivity contribution is 6.05. The standard InChI is InChI=1S/C23H29FN2O5/c1-4-14-10-26-8-7-23(28)20-18(6-5-17(24)21(20)30-3)25-22(23)19(26)9-16(14)15(11-29-2)12-31-13-27/h5-6,11,13-14,16,19,28H,4,7-10,12H2,1-3H3/t14-,16+,19+,23+/m1/s1. The summed E-state index contributed by atoms with van der Waals surface area (Å²) in [5.41, 5.74) is 1.19. The Bertz CT molecular complexity index is 917. The predicted octanol–water partition coefficient (Wildman–Crippen LogP) is 2.93. The smallest absolute Gasteiger partial charge is 0.293 e. The molecule has 0 aliphatic carbocycles. The third kappa shape index (κ3) is 3.51. The summed E-state index contributed by atoms with van der Waals surface area (Å²) in [4.78, 5) is 17.9. The molecule has 31 heavy (non-hydrogen) atoms. The molecule has 8 heteroatoms. The van der Waals surface area contributed by atoms with Gasteiger partial charge in [0, 0.05) is 18.7 Å². The van der Waals surface area contributed by atoms with Crippen molar-refractivity contribution in [1.82, 2.24) is 4.90 Å². The molecule has 0 spiro atoms. The number of carbonyl (C=O) groups excluding carboxylic acids is 1. The number of benzene rings is 1. The molecular weight excluding hydrogens is 403 g/mol. The second kappa shape index (κ2) is 8.59. The lowest BCUT2D eigenvalue weighted by molar-refractivity contribution is -0.128. The van der Waals surface area contributed by atoms with E-state index in [0.717, 1.165) is 18.5 Å². The predicted molar refractivity (Wildman–Crippen MR) is 113 cm³/mol. The summed E-state index contributed by atoms with van der Waals surface area (Å²) in [5.74, 6) is 0.0248. The molecule has 0 bridgehead atoms. The molecule has 0 amide bonds. The van der Waals surface area contributed by atoms with Gasteiger partial charge in [0.05, 0.1) is 43.5 Å². The Morgan fingerprint density at radius 2 is 2.23 bits per heavy atom. The molecule has 3 heterocycles. The Morgan fingerprint density at radius 3 is 2.90 bits per heavy atom. The van der Waals surface area contributed by atoms with Crippen LogP contribution >= 0.6 is 0 Å². The Kier molecular flexibility index (Phi) is 6.03. The molecule has 0 unspecified atom stereocenters. The first-order valence-corrected chi connectivity index (χ1v) is 10.7. The minimum atomic E-state index is -1.35. The molecule has 1 aromatic carbocycles. The zero-order valence-corrected chi connectivity index (χ0v) is 18.1. The second-order valence-electron chi connectivity index (χ2n) is 8.44. The molecule has 0 radical (unpaired) electrons. The Balaban J connectivity index is 1.70. The van der Waals surface area contributed by atoms with Crippen molar-refractivity contribution in [3.63, 3.8) is 0 Å². The van der Waals surface area contributed by atoms with Crippen molar-refractivity contribution in [1.29, 1.82) is 0 Å². The highest BCUT2D eigenvalue weighted by Gasteiger charge is 2.54. The average molecular weight is 432 g/mol. The number of nitrogens with zero attached hydrogens (tertiary/aromatic N) is 2. The fraction of sp³-hybridized carbons (Fsp3) is 0.565. The first-order chi connectivity index (χ1) is 15.0. The van der Waals surface area contributed by atoms with Crippen molar-refractivity contribution in [2.45, 2.75) is 37.8 Å². The van der Waals surface area contributed by atoms with Crippen LogP contribution in [0, 0.1) is 17.7 Å². The van der Waals surface area contributed by atoms with E-state index in [9.17, 15) is 14.3 Å². The highest BCUT2D eigenvalue weighted by Crippen LogP contribution is 2.52. The van der Waals surface area contributed by atoms with Crippen LogP contribution in [0.1, 0.15) is 31.7 Å². The fourth-order valence-corrected chi connectivity index (χ4v) is 5.55. The van der Waals surface area contributed by atoms with Crippen LogP contribution in [0.5, 0.6) is 5.75 Å². The van der Waals surface area contributed by atoms with Gasteiger partial charge in [-0.2, -0.15) is 0 Å². The molecule has 4 atom stereocenters. The van der Waals surface area contributed by atoms with Gasteiger partial charge in [0.25, 0.3) is 6.47 Å². The molecule has 2 saturated heterocycles. The summed E-state index contributed by atoms with van der Waals surface area (Å²) in [6.45, 7) is 4.28. The zero-order valence-electron chi connectivity index (χ0n) is 18.1. The van der Waals surface area contributed by atoms with E-state index in [1.54, 1.807) is 19.4 Å². The van der Waals surface area contributed by atoms with Crippen LogP contribution in [0.3, 0.4) is 0 Å². The lowest BCUT2D eigenvalue weighted by Gasteiger charge is -2.50. The number of carbonyl (C=O) groups is 1. The van der Waals surface area contributed by atoms with Crippen molar-refractivity contribution in [3.8, 4) is 5.75 Å². The second-order valence-corrected chi connectivity index (χ2v) is 8.44. The van der Waals surface area contributed by atoms with Crippen LogP contribution < -0.4 is 4.74 Å². The summed E-state index contributed by atoms with van der Waals surface area (Å²) in [6.07, 6.45) is 3.76. The maximum Gasteiger partial charge on any atom is 0.293 e. The van der Waals surface area contributed by atoms with Gasteiger partial charge in [0.2, 0.25) is 0 Å². The lowest BCUT2D eigenvalue weighted by Crippen LogP contribution is -2.60. The van der Waals surface area contributed by atoms with E-state index >= 15 is 0 Å². The van der Waals surface area contributed by atoms with Gasteiger partial charge in [0.1, 0.15) is 12.2 Å². The van der Waals surface area contributed by atoms with Crippen molar-refractivity contribution < 1.29 is 28.5 Å². The molecule has 7 nitrogen and oxygen atoms in total. The first-order valence-electron chi connectivity index (χ1n) is 10.7. The first kappa shape index (κ1) is 21.8. The third-order valence-electron chi connectivity index (χ3n) is 6.99. The monoisotopic (exact) mass is 432 g/mol. The molecule has 3 aliphatic rings. The quantitative estimate of drug-likeness (QED) is 0.527. The summed E-state index contributed by atoms with van der Waals surface area (Å²) in [5, 5.41) is 11.7. The maximum absolute atomic E-state index is 14.4. The van der Waals surface area contributed by atoms with E-state index < -0.39 is 11.4 Å². The van der Waals surface area contributed by atoms with Gasteiger partial charge in [-0.25, -0.2) is 4.39 Å². The number of aliphatic hydroxyl groups is 1. The molecule has 0 aromatic heterocycles. The number of hydrogen-bond acceptors (Lipinski definition) is 7. The lowest BCUT2D eigenvalue weighted by atomic mass is 9.70. The van der Waals surface area contributed by atoms with E-state index in [1.807, 2.05) is 0 Å². The molecule has 0 saturated carbocycles. The molecule has 2 fully saturated rings. The number of aliphatic imine (C=N–C) groups is 1. The van der Waals surface area contributed by atoms with Gasteiger partial charge in [-0.1, -0.05) is 13.3 Å². The summed E-state index contributed by atoms with van der Waals surface area (Å²) < 4.78 is 30.0. The van der Waals surface area contributed by atoms with E-state index in [2.05, 4.69) is 11.8 Å². The highest BCUT2D eigenvalue weighted by atomic mass is 19.1. The van der Waals surface area contributed by atoms with Crippen LogP contribution in [0.15, 0.2) is 29.0 Å². The van der Waals surface area contributed by atoms with Gasteiger partial charge < -0.3 is 19.3 Å². The SMILES string of the molecule is CC[C@@H]1CN2CC[C@@]3(O)C(=Nc4ccc(F)c(OC)c43)[C@@H]2C[C@@H]1C(=COC)COC=O. The third-order valence-corrected chi connectivity index (χ3v) is 6.99. The zero-order chi connectivity index (χ0) is 22.2. The van der Waals surface area contributed by atoms with E-state index in [1.165, 1.54) is 13.2 Å². The molecule has 4 rings (SSSR count). The van der Waals surface area contributed by atoms with Crippen molar-refractivity contribution in [2.24, 2.45) is 16.8 Å². The number of ether oxygens (including phenoxy) is 3. The Hall–Kier alpha value is -2.45. The summed E-state index contributed by atoms with van der Waals surface area (Å²) >= 11 is 0. The van der Waals surface area contributed by atoms with Crippen molar-refractivity contribution in [2.75, 3.05) is 33.9 Å². The van der Waals surface area contributed by atoms with Gasteiger partial charge in [-0.15, -0.1) is 0 Å². The van der Waals surface area contributed by atoms with Gasteiger partial charge in [0.15, 0.2) is 11.6 Å². The normalized spacial score (nSPS) is 30.0. The summed E-state index contributed by atoms with van der Waals surface area (Å²) in [7, 11) is 2.99. The number of rotatable bonds is 7. The van der Waals surface area contributed by atoms with Gasteiger partial charge in [-0.05, 0) is 36.8 Å². The van der Waals surface area contributed by atoms with Crippen LogP contribution in [0.4, 0.5) is 10.1 Å². The number of piperidine rings is 2. The van der Waals surface area contributed by atoms with Gasteiger partial charge in [-0.3, -0.25) is 14.7 Å². The van der Waals surface area contributed by atoms with Crippen molar-refractivity contribution in [3.05, 3.63) is 35.3 Å². The Labute approximate surface area is 181 Å². The molecule has 1 N–H and O–H groups in total. The van der Waals surface area contributed by atoms with Gasteiger partial charge >= 0.3 is 0 Å². The molecular formula is C23H29FN2O5. The summed E-state index contributed by atoms with van der Waals surface area (Å²) in [6, 6.07) is 2.82. The molecule has 1 aromatic rings. The molecule has 168 valence electrons. The van der Waals surface area contributed by atoms with Crippen LogP contribution in [0.25, 0.3) is 0 Å². The number of halogens is 1. The number of fused-ring (bicyclic) bond motifs is 5. The Morgan fingerprint density at radius 1 is 1.42 bits per heavy atom. The van der Waals surface area contributed by atoms with Crippen molar-refractivity contribution >= 4 is 17.9 Å². The minimum absolute atomic E-state index is 0.0605. The van der Waals surface area contributed by atoms with E-state index in [4.69, 9.17) is 19.2 Å². The number of methoxy groups -OCH3 is 2. The fourth-order valence-electron chi connectivity index (χ4n) is 5.55.